The summed E-state index contributed by atoms with van der Waals surface area (Å²) in [7, 11) is -2.53. The molecule has 27 heavy (non-hydrogen) atoms. The number of hydrogen-bond acceptors (Lipinski definition) is 4. The van der Waals surface area contributed by atoms with E-state index in [0.29, 0.717) is 5.75 Å². The van der Waals surface area contributed by atoms with Gasteiger partial charge in [-0.3, -0.25) is 0 Å². The van der Waals surface area contributed by atoms with Gasteiger partial charge in [-0.2, -0.15) is 0 Å². The fraction of sp³-hybridized carbons (Fsp3) is 0.105. The van der Waals surface area contributed by atoms with Gasteiger partial charge in [-0.15, -0.1) is 0 Å². The minimum atomic E-state index is -4.02. The number of aromatic carboxylic acids is 1. The Labute approximate surface area is 156 Å². The monoisotopic (exact) mass is 386 g/mol. The van der Waals surface area contributed by atoms with Gasteiger partial charge in [-0.25, -0.2) is 17.5 Å². The summed E-state index contributed by atoms with van der Waals surface area (Å²) in [6.07, 6.45) is 1.40. The van der Waals surface area contributed by atoms with Crippen LogP contribution in [0.4, 0.5) is 5.82 Å². The van der Waals surface area contributed by atoms with Gasteiger partial charge in [-0.05, 0) is 35.9 Å². The lowest BCUT2D eigenvalue weighted by molar-refractivity contribution is 0.0698. The highest BCUT2D eigenvalue weighted by atomic mass is 32.2. The molecule has 0 unspecified atom stereocenters. The maximum absolute atomic E-state index is 13.3. The molecule has 2 aromatic carbocycles. The number of carboxylic acid groups (broad SMARTS) is 1. The molecule has 1 aromatic heterocycles. The first-order valence-electron chi connectivity index (χ1n) is 8.05. The number of ether oxygens (including phenoxy) is 1. The van der Waals surface area contributed by atoms with E-state index in [-0.39, 0.29) is 22.8 Å². The summed E-state index contributed by atoms with van der Waals surface area (Å²) in [6.45, 7) is -0.0179. The van der Waals surface area contributed by atoms with E-state index < -0.39 is 16.0 Å². The van der Waals surface area contributed by atoms with E-state index in [2.05, 4.69) is 4.98 Å². The summed E-state index contributed by atoms with van der Waals surface area (Å²) in [5.74, 6) is -0.689. The van der Waals surface area contributed by atoms with Crippen molar-refractivity contribution in [2.75, 3.05) is 11.4 Å². The summed E-state index contributed by atoms with van der Waals surface area (Å²) >= 11 is 0. The molecule has 8 heteroatoms. The summed E-state index contributed by atoms with van der Waals surface area (Å²) in [5, 5.41) is 9.42. The van der Waals surface area contributed by atoms with Crippen LogP contribution in [-0.2, 0) is 16.6 Å². The van der Waals surface area contributed by atoms with Crippen LogP contribution >= 0.6 is 0 Å². The second kappa shape index (κ2) is 7.55. The predicted octanol–water partition coefficient (Wildman–Crippen LogP) is 3.12. The van der Waals surface area contributed by atoms with Crippen LogP contribution in [0.1, 0.15) is 15.9 Å². The number of carbonyl (C=O) groups is 1. The molecule has 0 radical (unpaired) electrons. The maximum Gasteiger partial charge on any atom is 0.339 e. The third-order valence-corrected chi connectivity index (χ3v) is 5.78. The number of anilines is 1. The van der Waals surface area contributed by atoms with E-state index in [4.69, 9.17) is 4.74 Å². The molecule has 0 amide bonds. The van der Waals surface area contributed by atoms with Crippen LogP contribution in [0.3, 0.4) is 0 Å². The van der Waals surface area contributed by atoms with Gasteiger partial charge in [0.15, 0.2) is 0 Å². The number of aromatic nitrogens is 1. The highest BCUT2D eigenvalue weighted by Crippen LogP contribution is 2.28. The minimum Gasteiger partial charge on any atom is -0.497 e. The van der Waals surface area contributed by atoms with Gasteiger partial charge in [0.2, 0.25) is 0 Å². The first kappa shape index (κ1) is 18.5. The van der Waals surface area contributed by atoms with E-state index in [0.717, 1.165) is 9.87 Å². The number of methoxy groups -OCH3 is 1. The average molecular weight is 386 g/mol. The quantitative estimate of drug-likeness (QED) is 0.650. The van der Waals surface area contributed by atoms with Crippen molar-refractivity contribution in [2.24, 2.45) is 0 Å². The molecule has 3 rings (SSSR count). The largest absolute Gasteiger partial charge is 0.497 e. The van der Waals surface area contributed by atoms with Crippen molar-refractivity contribution in [1.82, 2.24) is 4.98 Å². The summed E-state index contributed by atoms with van der Waals surface area (Å²) < 4.78 is 32.7. The van der Waals surface area contributed by atoms with E-state index in [1.807, 2.05) is 6.07 Å². The molecule has 0 spiro atoms. The van der Waals surface area contributed by atoms with Crippen molar-refractivity contribution < 1.29 is 23.1 Å². The summed E-state index contributed by atoms with van der Waals surface area (Å²) in [5.41, 5.74) is 0.601. The Bertz CT molecular complexity index is 1030. The Hall–Kier alpha value is -3.26. The van der Waals surface area contributed by atoms with Crippen molar-refractivity contribution in [1.29, 1.82) is 0 Å². The Balaban J connectivity index is 2.10. The molecule has 0 aliphatic heterocycles. The zero-order valence-corrected chi connectivity index (χ0v) is 15.3. The van der Waals surface area contributed by atoms with Crippen LogP contribution in [0.2, 0.25) is 0 Å². The van der Waals surface area contributed by atoms with Crippen LogP contribution in [0, 0.1) is 0 Å². The second-order valence-electron chi connectivity index (χ2n) is 5.72. The minimum absolute atomic E-state index is 0.00201. The smallest absolute Gasteiger partial charge is 0.339 e. The fourth-order valence-electron chi connectivity index (χ4n) is 2.65. The Morgan fingerprint density at radius 3 is 2.33 bits per heavy atom. The third-order valence-electron chi connectivity index (χ3n) is 4.02. The van der Waals surface area contributed by atoms with Crippen LogP contribution in [-0.4, -0.2) is 31.6 Å². The summed E-state index contributed by atoms with van der Waals surface area (Å²) in [4.78, 5) is 14.3. The number of H-pyrrole nitrogens is 1. The Kier molecular flexibility index (Phi) is 5.18. The third kappa shape index (κ3) is 3.80. The molecule has 0 saturated heterocycles. The van der Waals surface area contributed by atoms with Gasteiger partial charge >= 0.3 is 5.97 Å². The van der Waals surface area contributed by atoms with Gasteiger partial charge in [-0.1, -0.05) is 30.3 Å². The number of hydrogen-bond donors (Lipinski definition) is 2. The SMILES string of the molecule is COc1ccc(S(=O)(=O)N(Cc2ccccc2)c2[nH]ccc2C(=O)O)cc1. The average Bonchev–Trinajstić information content (AvgIpc) is 3.16. The number of carboxylic acids is 1. The molecular weight excluding hydrogens is 368 g/mol. The first-order valence-corrected chi connectivity index (χ1v) is 9.49. The number of sulfonamides is 1. The highest BCUT2D eigenvalue weighted by molar-refractivity contribution is 7.92. The molecule has 140 valence electrons. The molecular formula is C19H18N2O5S. The zero-order chi connectivity index (χ0) is 19.4. The normalized spacial score (nSPS) is 11.1. The van der Waals surface area contributed by atoms with Crippen molar-refractivity contribution in [3.63, 3.8) is 0 Å². The molecule has 1 heterocycles. The van der Waals surface area contributed by atoms with Crippen LogP contribution in [0.5, 0.6) is 5.75 Å². The van der Waals surface area contributed by atoms with E-state index in [9.17, 15) is 18.3 Å². The molecule has 3 aromatic rings. The molecule has 0 aliphatic rings. The first-order chi connectivity index (χ1) is 12.9. The molecule has 0 saturated carbocycles. The molecule has 7 nitrogen and oxygen atoms in total. The van der Waals surface area contributed by atoms with Crippen LogP contribution < -0.4 is 9.04 Å². The van der Waals surface area contributed by atoms with Crippen LogP contribution in [0.25, 0.3) is 0 Å². The van der Waals surface area contributed by atoms with Crippen molar-refractivity contribution in [3.8, 4) is 5.75 Å². The number of nitrogens with zero attached hydrogens (tertiary/aromatic N) is 1. The van der Waals surface area contributed by atoms with E-state index in [1.54, 1.807) is 36.4 Å². The standard InChI is InChI=1S/C19H18N2O5S/c1-26-15-7-9-16(10-8-15)27(24,25)21(13-14-5-3-2-4-6-14)18-17(19(22)23)11-12-20-18/h2-12,20H,13H2,1H3,(H,22,23). The van der Waals surface area contributed by atoms with Crippen molar-refractivity contribution >= 4 is 21.8 Å². The lowest BCUT2D eigenvalue weighted by Crippen LogP contribution is -2.32. The van der Waals surface area contributed by atoms with E-state index >= 15 is 0 Å². The van der Waals surface area contributed by atoms with Gasteiger partial charge in [0.1, 0.15) is 17.1 Å². The fourth-order valence-corrected chi connectivity index (χ4v) is 4.09. The van der Waals surface area contributed by atoms with Crippen molar-refractivity contribution in [3.05, 3.63) is 78.0 Å². The summed E-state index contributed by atoms with van der Waals surface area (Å²) in [6, 6.07) is 16.2. The topological polar surface area (TPSA) is 99.7 Å². The van der Waals surface area contributed by atoms with Gasteiger partial charge in [0, 0.05) is 6.20 Å². The van der Waals surface area contributed by atoms with E-state index in [1.165, 1.54) is 31.5 Å². The second-order valence-corrected chi connectivity index (χ2v) is 7.58. The number of rotatable bonds is 7. The lowest BCUT2D eigenvalue weighted by atomic mass is 10.2. The number of benzene rings is 2. The maximum atomic E-state index is 13.3. The van der Waals surface area contributed by atoms with Crippen LogP contribution in [0.15, 0.2) is 71.8 Å². The molecule has 2 N–H and O–H groups in total. The highest BCUT2D eigenvalue weighted by Gasteiger charge is 2.29. The van der Waals surface area contributed by atoms with Gasteiger partial charge in [0.25, 0.3) is 10.0 Å². The Morgan fingerprint density at radius 1 is 1.07 bits per heavy atom. The number of nitrogens with one attached hydrogen (secondary N) is 1. The van der Waals surface area contributed by atoms with Gasteiger partial charge in [0.05, 0.1) is 18.6 Å². The van der Waals surface area contributed by atoms with Gasteiger partial charge < -0.3 is 14.8 Å². The number of aromatic amines is 1. The lowest BCUT2D eigenvalue weighted by Gasteiger charge is -2.24. The van der Waals surface area contributed by atoms with Crippen molar-refractivity contribution in [2.45, 2.75) is 11.4 Å². The molecule has 0 bridgehead atoms. The predicted molar refractivity (Wildman–Crippen MR) is 101 cm³/mol. The molecule has 0 atom stereocenters. The molecule has 0 fully saturated rings. The molecule has 0 aliphatic carbocycles. The Morgan fingerprint density at radius 2 is 1.74 bits per heavy atom. The zero-order valence-electron chi connectivity index (χ0n) is 14.5.